The number of amides is 2. The second-order valence-corrected chi connectivity index (χ2v) is 5.36. The van der Waals surface area contributed by atoms with E-state index in [-0.39, 0.29) is 6.03 Å². The van der Waals surface area contributed by atoms with Crippen LogP contribution in [0.5, 0.6) is 0 Å². The lowest BCUT2D eigenvalue weighted by molar-refractivity contribution is 0.220. The van der Waals surface area contributed by atoms with Gasteiger partial charge in [-0.05, 0) is 24.6 Å². The quantitative estimate of drug-likeness (QED) is 0.935. The molecule has 1 heterocycles. The largest absolute Gasteiger partial charge is 0.322 e. The molecule has 1 N–H and O–H groups in total. The van der Waals surface area contributed by atoms with Crippen molar-refractivity contribution in [3.8, 4) is 0 Å². The average molecular weight is 325 g/mol. The highest BCUT2D eigenvalue weighted by Crippen LogP contribution is 2.28. The molecule has 0 saturated carbocycles. The molecular formula is C14H14Cl2N4O. The Bertz CT molecular complexity index is 626. The van der Waals surface area contributed by atoms with E-state index in [2.05, 4.69) is 15.3 Å². The molecule has 0 spiro atoms. The smallest absolute Gasteiger partial charge is 0.321 e. The predicted octanol–water partition coefficient (Wildman–Crippen LogP) is 3.76. The zero-order valence-corrected chi connectivity index (χ0v) is 13.1. The predicted molar refractivity (Wildman–Crippen MR) is 83.7 cm³/mol. The van der Waals surface area contributed by atoms with Crippen molar-refractivity contribution in [3.05, 3.63) is 52.0 Å². The van der Waals surface area contributed by atoms with Crippen LogP contribution in [0.3, 0.4) is 0 Å². The number of rotatable bonds is 3. The molecule has 2 rings (SSSR count). The maximum absolute atomic E-state index is 12.1. The normalized spacial score (nSPS) is 10.3. The van der Waals surface area contributed by atoms with E-state index in [1.807, 2.05) is 6.92 Å². The van der Waals surface area contributed by atoms with E-state index in [1.54, 1.807) is 37.8 Å². The van der Waals surface area contributed by atoms with Crippen LogP contribution in [0.1, 0.15) is 11.3 Å². The molecule has 5 nitrogen and oxygen atoms in total. The lowest BCUT2D eigenvalue weighted by Gasteiger charge is -2.18. The molecule has 0 fully saturated rings. The highest BCUT2D eigenvalue weighted by Gasteiger charge is 2.12. The van der Waals surface area contributed by atoms with E-state index in [0.717, 1.165) is 5.56 Å². The van der Waals surface area contributed by atoms with Gasteiger partial charge in [0.1, 0.15) is 0 Å². The maximum Gasteiger partial charge on any atom is 0.321 e. The summed E-state index contributed by atoms with van der Waals surface area (Å²) in [7, 11) is 1.67. The first-order valence-electron chi connectivity index (χ1n) is 6.20. The summed E-state index contributed by atoms with van der Waals surface area (Å²) < 4.78 is 0. The molecule has 2 amide bonds. The number of urea groups is 1. The van der Waals surface area contributed by atoms with Crippen molar-refractivity contribution in [2.45, 2.75) is 13.5 Å². The number of anilines is 1. The topological polar surface area (TPSA) is 58.1 Å². The number of hydrogen-bond donors (Lipinski definition) is 1. The summed E-state index contributed by atoms with van der Waals surface area (Å²) >= 11 is 12.1. The Kier molecular flexibility index (Phi) is 4.98. The standard InChI is InChI=1S/C14H14Cl2N4O/c1-9-12(15)5-10(6-13(9)16)19-14(21)20(2)8-11-7-17-3-4-18-11/h3-7H,8H2,1-2H3,(H,19,21). The minimum atomic E-state index is -0.281. The molecule has 0 atom stereocenters. The zero-order chi connectivity index (χ0) is 15.4. The molecule has 110 valence electrons. The Balaban J connectivity index is 2.04. The molecule has 0 aliphatic rings. The van der Waals surface area contributed by atoms with Gasteiger partial charge >= 0.3 is 6.03 Å². The fourth-order valence-electron chi connectivity index (χ4n) is 1.66. The average Bonchev–Trinajstić information content (AvgIpc) is 2.45. The second-order valence-electron chi connectivity index (χ2n) is 4.55. The van der Waals surface area contributed by atoms with Crippen molar-refractivity contribution in [2.24, 2.45) is 0 Å². The number of aromatic nitrogens is 2. The maximum atomic E-state index is 12.1. The summed E-state index contributed by atoms with van der Waals surface area (Å²) in [6, 6.07) is 3.05. The van der Waals surface area contributed by atoms with Gasteiger partial charge in [-0.15, -0.1) is 0 Å². The Hall–Kier alpha value is -1.85. The van der Waals surface area contributed by atoms with E-state index < -0.39 is 0 Å². The first-order valence-corrected chi connectivity index (χ1v) is 6.95. The van der Waals surface area contributed by atoms with Crippen LogP contribution in [0, 0.1) is 6.92 Å². The van der Waals surface area contributed by atoms with E-state index >= 15 is 0 Å². The highest BCUT2D eigenvalue weighted by molar-refractivity contribution is 6.36. The summed E-state index contributed by atoms with van der Waals surface area (Å²) in [5.41, 5.74) is 2.03. The zero-order valence-electron chi connectivity index (χ0n) is 11.6. The van der Waals surface area contributed by atoms with Gasteiger partial charge in [0.2, 0.25) is 0 Å². The number of nitrogens with one attached hydrogen (secondary N) is 1. The van der Waals surface area contributed by atoms with Gasteiger partial charge in [0, 0.05) is 35.2 Å². The number of carbonyl (C=O) groups is 1. The van der Waals surface area contributed by atoms with Gasteiger partial charge < -0.3 is 10.2 Å². The van der Waals surface area contributed by atoms with Crippen LogP contribution < -0.4 is 5.32 Å². The van der Waals surface area contributed by atoms with Gasteiger partial charge in [-0.2, -0.15) is 0 Å². The third-order valence-electron chi connectivity index (χ3n) is 2.89. The molecule has 0 saturated heterocycles. The third-order valence-corrected chi connectivity index (χ3v) is 3.68. The second kappa shape index (κ2) is 6.74. The first kappa shape index (κ1) is 15.5. The fourth-order valence-corrected chi connectivity index (χ4v) is 2.15. The summed E-state index contributed by atoms with van der Waals surface area (Å²) in [5, 5.41) is 3.76. The number of nitrogens with zero attached hydrogens (tertiary/aromatic N) is 3. The summed E-state index contributed by atoms with van der Waals surface area (Å²) in [6.07, 6.45) is 4.78. The SMILES string of the molecule is Cc1c(Cl)cc(NC(=O)N(C)Cc2cnccn2)cc1Cl. The van der Waals surface area contributed by atoms with Crippen molar-refractivity contribution in [1.82, 2.24) is 14.9 Å². The molecule has 0 unspecified atom stereocenters. The van der Waals surface area contributed by atoms with Crippen molar-refractivity contribution in [2.75, 3.05) is 12.4 Å². The van der Waals surface area contributed by atoms with Crippen molar-refractivity contribution >= 4 is 34.9 Å². The van der Waals surface area contributed by atoms with Crippen LogP contribution in [-0.4, -0.2) is 27.9 Å². The number of hydrogen-bond acceptors (Lipinski definition) is 3. The van der Waals surface area contributed by atoms with Crippen molar-refractivity contribution < 1.29 is 4.79 Å². The minimum Gasteiger partial charge on any atom is -0.322 e. The van der Waals surface area contributed by atoms with E-state index in [1.165, 1.54) is 4.90 Å². The van der Waals surface area contributed by atoms with E-state index in [4.69, 9.17) is 23.2 Å². The van der Waals surface area contributed by atoms with Gasteiger partial charge in [-0.25, -0.2) is 4.79 Å². The highest BCUT2D eigenvalue weighted by atomic mass is 35.5. The summed E-state index contributed by atoms with van der Waals surface area (Å²) in [5.74, 6) is 0. The molecule has 0 aliphatic heterocycles. The molecule has 0 aliphatic carbocycles. The first-order chi connectivity index (χ1) is 9.97. The van der Waals surface area contributed by atoms with Crippen molar-refractivity contribution in [1.29, 1.82) is 0 Å². The Morgan fingerprint density at radius 1 is 1.29 bits per heavy atom. The fraction of sp³-hybridized carbons (Fsp3) is 0.214. The van der Waals surface area contributed by atoms with Crippen molar-refractivity contribution in [3.63, 3.8) is 0 Å². The lowest BCUT2D eigenvalue weighted by atomic mass is 10.2. The third kappa shape index (κ3) is 4.06. The van der Waals surface area contributed by atoms with Crippen LogP contribution in [-0.2, 0) is 6.54 Å². The van der Waals surface area contributed by atoms with Crippen LogP contribution in [0.25, 0.3) is 0 Å². The number of benzene rings is 1. The number of halogens is 2. The van der Waals surface area contributed by atoms with Crippen LogP contribution in [0.15, 0.2) is 30.7 Å². The summed E-state index contributed by atoms with van der Waals surface area (Å²) in [6.45, 7) is 2.17. The Labute approximate surface area is 132 Å². The van der Waals surface area contributed by atoms with Gasteiger partial charge in [0.15, 0.2) is 0 Å². The summed E-state index contributed by atoms with van der Waals surface area (Å²) in [4.78, 5) is 21.7. The Morgan fingerprint density at radius 2 is 1.95 bits per heavy atom. The van der Waals surface area contributed by atoms with Gasteiger partial charge in [0.25, 0.3) is 0 Å². The minimum absolute atomic E-state index is 0.281. The molecule has 0 bridgehead atoms. The lowest BCUT2D eigenvalue weighted by Crippen LogP contribution is -2.31. The molecule has 1 aromatic carbocycles. The van der Waals surface area contributed by atoms with Gasteiger partial charge in [0.05, 0.1) is 18.4 Å². The molecular weight excluding hydrogens is 311 g/mol. The van der Waals surface area contributed by atoms with Gasteiger partial charge in [-0.3, -0.25) is 9.97 Å². The molecule has 2 aromatic rings. The van der Waals surface area contributed by atoms with Gasteiger partial charge in [-0.1, -0.05) is 23.2 Å². The molecule has 0 radical (unpaired) electrons. The van der Waals surface area contributed by atoms with E-state index in [0.29, 0.717) is 28.0 Å². The number of carbonyl (C=O) groups excluding carboxylic acids is 1. The van der Waals surface area contributed by atoms with Crippen LogP contribution in [0.4, 0.5) is 10.5 Å². The molecule has 7 heteroatoms. The van der Waals surface area contributed by atoms with E-state index in [9.17, 15) is 4.79 Å². The van der Waals surface area contributed by atoms with Crippen LogP contribution in [0.2, 0.25) is 10.0 Å². The Morgan fingerprint density at radius 3 is 2.52 bits per heavy atom. The monoisotopic (exact) mass is 324 g/mol. The van der Waals surface area contributed by atoms with Crippen LogP contribution >= 0.6 is 23.2 Å². The molecule has 21 heavy (non-hydrogen) atoms. The molecule has 1 aromatic heterocycles.